The molecule has 0 saturated carbocycles. The molecule has 2 heterocycles. The molecule has 118 valence electrons. The Hall–Kier alpha value is -2.27. The van der Waals surface area contributed by atoms with Crippen molar-refractivity contribution >= 4 is 23.5 Å². The number of rotatable bonds is 2. The van der Waals surface area contributed by atoms with Crippen LogP contribution in [0.15, 0.2) is 30.5 Å². The van der Waals surface area contributed by atoms with Gasteiger partial charge < -0.3 is 0 Å². The van der Waals surface area contributed by atoms with Crippen molar-refractivity contribution in [2.45, 2.75) is 26.2 Å². The SMILES string of the molecule is CC(C)(C)c1cc(-c2ccc(Cl)c(F)c2)nn2cc(C=O)nc12. The van der Waals surface area contributed by atoms with Crippen molar-refractivity contribution < 1.29 is 9.18 Å². The van der Waals surface area contributed by atoms with Gasteiger partial charge in [0.2, 0.25) is 0 Å². The lowest BCUT2D eigenvalue weighted by Crippen LogP contribution is -2.14. The zero-order chi connectivity index (χ0) is 16.8. The Morgan fingerprint density at radius 2 is 2.00 bits per heavy atom. The fourth-order valence-electron chi connectivity index (χ4n) is 2.40. The molecule has 0 aliphatic carbocycles. The molecule has 2 aromatic heterocycles. The quantitative estimate of drug-likeness (QED) is 0.658. The Morgan fingerprint density at radius 1 is 1.26 bits per heavy atom. The van der Waals surface area contributed by atoms with Crippen LogP contribution >= 0.6 is 11.6 Å². The van der Waals surface area contributed by atoms with Gasteiger partial charge in [-0.3, -0.25) is 4.79 Å². The molecule has 3 rings (SSSR count). The van der Waals surface area contributed by atoms with E-state index in [4.69, 9.17) is 11.6 Å². The van der Waals surface area contributed by atoms with Crippen molar-refractivity contribution in [1.82, 2.24) is 14.6 Å². The summed E-state index contributed by atoms with van der Waals surface area (Å²) in [7, 11) is 0. The van der Waals surface area contributed by atoms with Crippen molar-refractivity contribution in [3.05, 3.63) is 52.6 Å². The van der Waals surface area contributed by atoms with Crippen LogP contribution in [0.3, 0.4) is 0 Å². The van der Waals surface area contributed by atoms with Crippen LogP contribution < -0.4 is 0 Å². The fraction of sp³-hybridized carbons (Fsp3) is 0.235. The summed E-state index contributed by atoms with van der Waals surface area (Å²) in [6.45, 7) is 6.14. The van der Waals surface area contributed by atoms with Crippen LogP contribution in [-0.4, -0.2) is 20.9 Å². The molecule has 6 heteroatoms. The zero-order valence-corrected chi connectivity index (χ0v) is 13.7. The standard InChI is InChI=1S/C17H15ClFN3O/c1-17(2,3)12-7-15(10-4-5-13(18)14(19)6-10)21-22-8-11(9-23)20-16(12)22/h4-9H,1-3H3. The van der Waals surface area contributed by atoms with Gasteiger partial charge in [0.25, 0.3) is 0 Å². The number of fused-ring (bicyclic) bond motifs is 1. The largest absolute Gasteiger partial charge is 0.296 e. The average Bonchev–Trinajstić information content (AvgIpc) is 2.90. The maximum atomic E-state index is 13.7. The molecule has 0 N–H and O–H groups in total. The van der Waals surface area contributed by atoms with Crippen molar-refractivity contribution in [1.29, 1.82) is 0 Å². The van der Waals surface area contributed by atoms with Crippen molar-refractivity contribution in [3.8, 4) is 11.3 Å². The molecule has 0 spiro atoms. The van der Waals surface area contributed by atoms with Crippen LogP contribution in [0.25, 0.3) is 16.9 Å². The number of halogens is 2. The predicted octanol–water partition coefficient (Wildman–Crippen LogP) is 4.30. The topological polar surface area (TPSA) is 47.3 Å². The van der Waals surface area contributed by atoms with E-state index in [0.717, 1.165) is 5.56 Å². The molecule has 0 fully saturated rings. The Balaban J connectivity index is 2.29. The van der Waals surface area contributed by atoms with Gasteiger partial charge in [0, 0.05) is 11.1 Å². The van der Waals surface area contributed by atoms with Crippen LogP contribution in [0.2, 0.25) is 5.02 Å². The Morgan fingerprint density at radius 3 is 2.61 bits per heavy atom. The minimum atomic E-state index is -0.498. The highest BCUT2D eigenvalue weighted by atomic mass is 35.5. The first-order chi connectivity index (χ1) is 10.8. The number of carbonyl (C=O) groups is 1. The maximum absolute atomic E-state index is 13.7. The third-order valence-electron chi connectivity index (χ3n) is 3.59. The Bertz CT molecular complexity index is 912. The molecule has 0 aliphatic rings. The summed E-state index contributed by atoms with van der Waals surface area (Å²) in [6.07, 6.45) is 2.25. The van der Waals surface area contributed by atoms with E-state index in [1.807, 2.05) is 26.8 Å². The van der Waals surface area contributed by atoms with Crippen molar-refractivity contribution in [2.75, 3.05) is 0 Å². The van der Waals surface area contributed by atoms with E-state index >= 15 is 0 Å². The zero-order valence-electron chi connectivity index (χ0n) is 13.0. The molecular weight excluding hydrogens is 317 g/mol. The second kappa shape index (κ2) is 5.42. The lowest BCUT2D eigenvalue weighted by Gasteiger charge is -2.20. The maximum Gasteiger partial charge on any atom is 0.170 e. The number of carbonyl (C=O) groups excluding carboxylic acids is 1. The lowest BCUT2D eigenvalue weighted by molar-refractivity contribution is 0.111. The Kier molecular flexibility index (Phi) is 3.68. The first-order valence-electron chi connectivity index (χ1n) is 7.11. The highest BCUT2D eigenvalue weighted by molar-refractivity contribution is 6.30. The number of benzene rings is 1. The summed E-state index contributed by atoms with van der Waals surface area (Å²) >= 11 is 5.74. The lowest BCUT2D eigenvalue weighted by atomic mass is 9.87. The molecule has 1 aromatic carbocycles. The summed E-state index contributed by atoms with van der Waals surface area (Å²) < 4.78 is 15.3. The molecular formula is C17H15ClFN3O. The number of nitrogens with zero attached hydrogens (tertiary/aromatic N) is 3. The second-order valence-corrected chi connectivity index (χ2v) is 6.78. The fourth-order valence-corrected chi connectivity index (χ4v) is 2.52. The van der Waals surface area contributed by atoms with Gasteiger partial charge >= 0.3 is 0 Å². The molecule has 0 amide bonds. The summed E-state index contributed by atoms with van der Waals surface area (Å²) in [5.41, 5.74) is 2.84. The summed E-state index contributed by atoms with van der Waals surface area (Å²) in [5, 5.41) is 4.51. The van der Waals surface area contributed by atoms with Crippen LogP contribution in [0.1, 0.15) is 36.8 Å². The highest BCUT2D eigenvalue weighted by Crippen LogP contribution is 2.30. The summed E-state index contributed by atoms with van der Waals surface area (Å²) in [6, 6.07) is 6.43. The van der Waals surface area contributed by atoms with E-state index in [2.05, 4.69) is 10.1 Å². The molecule has 0 aliphatic heterocycles. The smallest absolute Gasteiger partial charge is 0.170 e. The van der Waals surface area contributed by atoms with Crippen molar-refractivity contribution in [2.24, 2.45) is 0 Å². The van der Waals surface area contributed by atoms with Gasteiger partial charge in [-0.2, -0.15) is 5.10 Å². The third-order valence-corrected chi connectivity index (χ3v) is 3.89. The Labute approximate surface area is 137 Å². The first kappa shape index (κ1) is 15.6. The van der Waals surface area contributed by atoms with Gasteiger partial charge in [-0.1, -0.05) is 38.4 Å². The second-order valence-electron chi connectivity index (χ2n) is 6.37. The summed E-state index contributed by atoms with van der Waals surface area (Å²) in [4.78, 5) is 15.3. The number of hydrogen-bond donors (Lipinski definition) is 0. The molecule has 4 nitrogen and oxygen atoms in total. The van der Waals surface area contributed by atoms with E-state index in [1.54, 1.807) is 16.8 Å². The number of aldehydes is 1. The van der Waals surface area contributed by atoms with Gasteiger partial charge in [-0.05, 0) is 23.6 Å². The van der Waals surface area contributed by atoms with Gasteiger partial charge in [0.1, 0.15) is 11.5 Å². The van der Waals surface area contributed by atoms with E-state index in [-0.39, 0.29) is 10.4 Å². The minimum Gasteiger partial charge on any atom is -0.296 e. The van der Waals surface area contributed by atoms with E-state index < -0.39 is 5.82 Å². The average molecular weight is 332 g/mol. The van der Waals surface area contributed by atoms with E-state index in [0.29, 0.717) is 28.9 Å². The molecule has 0 atom stereocenters. The molecule has 3 aromatic rings. The summed E-state index contributed by atoms with van der Waals surface area (Å²) in [5.74, 6) is -0.498. The highest BCUT2D eigenvalue weighted by Gasteiger charge is 2.21. The van der Waals surface area contributed by atoms with Gasteiger partial charge in [0.05, 0.1) is 16.9 Å². The number of aromatic nitrogens is 3. The third kappa shape index (κ3) is 2.84. The van der Waals surface area contributed by atoms with Crippen molar-refractivity contribution in [3.63, 3.8) is 0 Å². The van der Waals surface area contributed by atoms with Crippen LogP contribution in [0.5, 0.6) is 0 Å². The number of imidazole rings is 1. The molecule has 0 radical (unpaired) electrons. The minimum absolute atomic E-state index is 0.0664. The molecule has 0 unspecified atom stereocenters. The predicted molar refractivity (Wildman–Crippen MR) is 87.5 cm³/mol. The monoisotopic (exact) mass is 331 g/mol. The van der Waals surface area contributed by atoms with Crippen LogP contribution in [-0.2, 0) is 5.41 Å². The molecule has 23 heavy (non-hydrogen) atoms. The molecule has 0 bridgehead atoms. The van der Waals surface area contributed by atoms with Crippen LogP contribution in [0, 0.1) is 5.82 Å². The normalized spacial score (nSPS) is 11.9. The number of hydrogen-bond acceptors (Lipinski definition) is 3. The van der Waals surface area contributed by atoms with Gasteiger partial charge in [0.15, 0.2) is 11.9 Å². The first-order valence-corrected chi connectivity index (χ1v) is 7.49. The van der Waals surface area contributed by atoms with E-state index in [9.17, 15) is 9.18 Å². The molecule has 0 saturated heterocycles. The van der Waals surface area contributed by atoms with Crippen LogP contribution in [0.4, 0.5) is 4.39 Å². The van der Waals surface area contributed by atoms with Gasteiger partial charge in [-0.25, -0.2) is 13.9 Å². The van der Waals surface area contributed by atoms with E-state index in [1.165, 1.54) is 12.1 Å². The van der Waals surface area contributed by atoms with Gasteiger partial charge in [-0.15, -0.1) is 0 Å².